The molecule has 2 N–H and O–H groups in total. The Balaban J connectivity index is 2.57. The van der Waals surface area contributed by atoms with Crippen molar-refractivity contribution in [2.24, 2.45) is 0 Å². The molecule has 1 aliphatic carbocycles. The van der Waals surface area contributed by atoms with Crippen molar-refractivity contribution in [3.05, 3.63) is 21.6 Å². The van der Waals surface area contributed by atoms with Crippen molar-refractivity contribution < 1.29 is 9.90 Å². The number of carboxylic acid groups (broad SMARTS) is 1. The maximum Gasteiger partial charge on any atom is 0.343 e. The summed E-state index contributed by atoms with van der Waals surface area (Å²) in [5.74, 6) is -1.14. The Kier molecular flexibility index (Phi) is 3.09. The lowest BCUT2D eigenvalue weighted by molar-refractivity contribution is 0.0692. The summed E-state index contributed by atoms with van der Waals surface area (Å²) in [6, 6.07) is 0.131. The first-order valence-electron chi connectivity index (χ1n) is 6.40. The van der Waals surface area contributed by atoms with Crippen LogP contribution in [-0.2, 0) is 5.41 Å². The molecule has 1 aliphatic rings. The molecule has 1 heterocycles. The Bertz CT molecular complexity index is 513. The summed E-state index contributed by atoms with van der Waals surface area (Å²) in [6.45, 7) is 5.72. The minimum atomic E-state index is -1.14. The lowest BCUT2D eigenvalue weighted by Gasteiger charge is -2.17. The van der Waals surface area contributed by atoms with Crippen molar-refractivity contribution in [1.82, 2.24) is 9.78 Å². The second-order valence-corrected chi connectivity index (χ2v) is 6.03. The van der Waals surface area contributed by atoms with Crippen molar-refractivity contribution in [1.29, 1.82) is 0 Å². The van der Waals surface area contributed by atoms with Gasteiger partial charge in [-0.15, -0.1) is 0 Å². The van der Waals surface area contributed by atoms with Crippen molar-refractivity contribution in [3.63, 3.8) is 0 Å². The average molecular weight is 252 g/mol. The van der Waals surface area contributed by atoms with E-state index in [4.69, 9.17) is 0 Å². The van der Waals surface area contributed by atoms with E-state index in [1.54, 1.807) is 0 Å². The van der Waals surface area contributed by atoms with E-state index in [9.17, 15) is 14.7 Å². The van der Waals surface area contributed by atoms with E-state index < -0.39 is 5.97 Å². The molecule has 0 radical (unpaired) electrons. The summed E-state index contributed by atoms with van der Waals surface area (Å²) in [5, 5.41) is 12.3. The van der Waals surface area contributed by atoms with Gasteiger partial charge in [0.2, 0.25) is 0 Å². The molecule has 0 aliphatic heterocycles. The highest BCUT2D eigenvalue weighted by Crippen LogP contribution is 2.30. The van der Waals surface area contributed by atoms with Crippen LogP contribution in [0.25, 0.3) is 0 Å². The molecule has 0 atom stereocenters. The Morgan fingerprint density at radius 1 is 1.33 bits per heavy atom. The van der Waals surface area contributed by atoms with E-state index in [0.29, 0.717) is 5.69 Å². The monoisotopic (exact) mass is 252 g/mol. The van der Waals surface area contributed by atoms with Crippen LogP contribution in [0.3, 0.4) is 0 Å². The van der Waals surface area contributed by atoms with Crippen molar-refractivity contribution in [3.8, 4) is 0 Å². The zero-order valence-corrected chi connectivity index (χ0v) is 11.1. The summed E-state index contributed by atoms with van der Waals surface area (Å²) in [6.07, 6.45) is 4.10. The van der Waals surface area contributed by atoms with Crippen molar-refractivity contribution >= 4 is 5.97 Å². The quantitative estimate of drug-likeness (QED) is 0.848. The van der Waals surface area contributed by atoms with Gasteiger partial charge in [-0.25, -0.2) is 9.48 Å². The number of aromatic nitrogens is 2. The molecule has 1 fully saturated rings. The van der Waals surface area contributed by atoms with Crippen LogP contribution in [-0.4, -0.2) is 20.9 Å². The Morgan fingerprint density at radius 3 is 2.28 bits per heavy atom. The van der Waals surface area contributed by atoms with Gasteiger partial charge in [0.15, 0.2) is 0 Å². The molecule has 0 aromatic carbocycles. The van der Waals surface area contributed by atoms with E-state index >= 15 is 0 Å². The number of rotatable bonds is 2. The molecular weight excluding hydrogens is 232 g/mol. The Morgan fingerprint density at radius 2 is 1.89 bits per heavy atom. The minimum Gasteiger partial charge on any atom is -0.477 e. The average Bonchev–Trinajstić information content (AvgIpc) is 2.81. The molecule has 0 amide bonds. The molecule has 2 rings (SSSR count). The summed E-state index contributed by atoms with van der Waals surface area (Å²) in [7, 11) is 0. The first-order chi connectivity index (χ1) is 8.32. The van der Waals surface area contributed by atoms with Gasteiger partial charge in [-0.1, -0.05) is 33.6 Å². The molecule has 0 spiro atoms. The number of nitrogens with one attached hydrogen (secondary N) is 1. The summed E-state index contributed by atoms with van der Waals surface area (Å²) >= 11 is 0. The van der Waals surface area contributed by atoms with E-state index in [2.05, 4.69) is 5.10 Å². The van der Waals surface area contributed by atoms with Gasteiger partial charge in [-0.2, -0.15) is 0 Å². The van der Waals surface area contributed by atoms with Crippen molar-refractivity contribution in [2.45, 2.75) is 57.9 Å². The first kappa shape index (κ1) is 12.9. The highest BCUT2D eigenvalue weighted by Gasteiger charge is 2.31. The van der Waals surface area contributed by atoms with E-state index in [1.807, 2.05) is 20.8 Å². The molecule has 1 aromatic heterocycles. The Hall–Kier alpha value is -1.52. The Labute approximate surface area is 106 Å². The zero-order chi connectivity index (χ0) is 13.5. The van der Waals surface area contributed by atoms with Crippen LogP contribution in [0, 0.1) is 0 Å². The first-order valence-corrected chi connectivity index (χ1v) is 6.40. The molecule has 0 saturated heterocycles. The molecule has 1 saturated carbocycles. The lowest BCUT2D eigenvalue weighted by Crippen LogP contribution is -2.24. The van der Waals surface area contributed by atoms with E-state index in [0.717, 1.165) is 25.7 Å². The highest BCUT2D eigenvalue weighted by atomic mass is 16.4. The maximum absolute atomic E-state index is 12.2. The van der Waals surface area contributed by atoms with Crippen LogP contribution in [0.4, 0.5) is 0 Å². The number of nitrogens with zero attached hydrogens (tertiary/aromatic N) is 1. The standard InChI is InChI=1S/C13H20N2O3/c1-13(2,3)10-9(12(17)18)11(16)15(14-10)8-6-4-5-7-8/h8,14H,4-7H2,1-3H3,(H,17,18). The molecule has 1 aromatic rings. The van der Waals surface area contributed by atoms with Crippen LogP contribution in [0.5, 0.6) is 0 Å². The summed E-state index contributed by atoms with van der Waals surface area (Å²) in [5.41, 5.74) is -0.350. The SMILES string of the molecule is CC(C)(C)c1[nH]n(C2CCCC2)c(=O)c1C(=O)O. The summed E-state index contributed by atoms with van der Waals surface area (Å²) in [4.78, 5) is 23.5. The smallest absolute Gasteiger partial charge is 0.343 e. The fraction of sp³-hybridized carbons (Fsp3) is 0.692. The number of carbonyl (C=O) groups is 1. The second kappa shape index (κ2) is 4.30. The normalized spacial score (nSPS) is 17.3. The second-order valence-electron chi connectivity index (χ2n) is 6.03. The molecule has 5 nitrogen and oxygen atoms in total. The van der Waals surface area contributed by atoms with Crippen LogP contribution >= 0.6 is 0 Å². The van der Waals surface area contributed by atoms with Gasteiger partial charge in [0, 0.05) is 5.41 Å². The van der Waals surface area contributed by atoms with Gasteiger partial charge in [-0.05, 0) is 12.8 Å². The molecule has 0 unspecified atom stereocenters. The van der Waals surface area contributed by atoms with Gasteiger partial charge >= 0.3 is 5.97 Å². The maximum atomic E-state index is 12.2. The van der Waals surface area contributed by atoms with Gasteiger partial charge in [0.1, 0.15) is 5.56 Å². The predicted octanol–water partition coefficient (Wildman–Crippen LogP) is 2.29. The number of hydrogen-bond acceptors (Lipinski definition) is 2. The van der Waals surface area contributed by atoms with Crippen LogP contribution in [0.2, 0.25) is 0 Å². The topological polar surface area (TPSA) is 75.1 Å². The van der Waals surface area contributed by atoms with Gasteiger partial charge in [0.25, 0.3) is 5.56 Å². The number of carboxylic acids is 1. The number of hydrogen-bond donors (Lipinski definition) is 2. The zero-order valence-electron chi connectivity index (χ0n) is 11.1. The van der Waals surface area contributed by atoms with Crippen LogP contribution in [0.1, 0.15) is 68.5 Å². The molecule has 18 heavy (non-hydrogen) atoms. The third kappa shape index (κ3) is 2.09. The third-order valence-electron chi connectivity index (χ3n) is 3.57. The molecule has 0 bridgehead atoms. The molecule has 100 valence electrons. The van der Waals surface area contributed by atoms with Crippen LogP contribution in [0.15, 0.2) is 4.79 Å². The molecular formula is C13H20N2O3. The highest BCUT2D eigenvalue weighted by molar-refractivity contribution is 5.88. The lowest BCUT2D eigenvalue weighted by atomic mass is 9.89. The van der Waals surface area contributed by atoms with E-state index in [-0.39, 0.29) is 22.6 Å². The molecule has 5 heteroatoms. The number of H-pyrrole nitrogens is 1. The van der Waals surface area contributed by atoms with Crippen LogP contribution < -0.4 is 5.56 Å². The van der Waals surface area contributed by atoms with Gasteiger partial charge in [0.05, 0.1) is 11.7 Å². The van der Waals surface area contributed by atoms with Gasteiger partial charge < -0.3 is 5.11 Å². The fourth-order valence-electron chi connectivity index (χ4n) is 2.62. The van der Waals surface area contributed by atoms with Crippen molar-refractivity contribution in [2.75, 3.05) is 0 Å². The van der Waals surface area contributed by atoms with E-state index in [1.165, 1.54) is 4.68 Å². The van der Waals surface area contributed by atoms with Gasteiger partial charge in [-0.3, -0.25) is 9.89 Å². The summed E-state index contributed by atoms with van der Waals surface area (Å²) < 4.78 is 1.52. The predicted molar refractivity (Wildman–Crippen MR) is 68.2 cm³/mol. The number of aromatic amines is 1. The fourth-order valence-corrected chi connectivity index (χ4v) is 2.62. The third-order valence-corrected chi connectivity index (χ3v) is 3.57. The minimum absolute atomic E-state index is 0.102. The largest absolute Gasteiger partial charge is 0.477 e. The number of aromatic carboxylic acids is 1.